The molecule has 0 bridgehead atoms. The highest BCUT2D eigenvalue weighted by molar-refractivity contribution is 4.77. The molecule has 0 saturated heterocycles. The largest absolute Gasteiger partial charge is 0.0654 e. The Morgan fingerprint density at radius 1 is 0.944 bits per heavy atom. The van der Waals surface area contributed by atoms with Crippen LogP contribution in [0.15, 0.2) is 0 Å². The normalized spacial score (nSPS) is 31.2. The molecule has 3 unspecified atom stereocenters. The fourth-order valence-electron chi connectivity index (χ4n) is 3.94. The van der Waals surface area contributed by atoms with Crippen LogP contribution < -0.4 is 0 Å². The van der Waals surface area contributed by atoms with Gasteiger partial charge in [0, 0.05) is 0 Å². The maximum absolute atomic E-state index is 2.53. The topological polar surface area (TPSA) is 0 Å². The number of hydrogen-bond donors (Lipinski definition) is 0. The van der Waals surface area contributed by atoms with Crippen LogP contribution in [-0.4, -0.2) is 0 Å². The lowest BCUT2D eigenvalue weighted by atomic mass is 9.72. The second-order valence-electron chi connectivity index (χ2n) is 7.21. The molecule has 1 rings (SSSR count). The molecule has 1 aliphatic rings. The van der Waals surface area contributed by atoms with Crippen LogP contribution in [-0.2, 0) is 0 Å². The van der Waals surface area contributed by atoms with Gasteiger partial charge in [0.25, 0.3) is 0 Å². The fourth-order valence-corrected chi connectivity index (χ4v) is 3.94. The molecule has 0 heterocycles. The Bertz CT molecular complexity index is 198. The van der Waals surface area contributed by atoms with Gasteiger partial charge in [0.15, 0.2) is 0 Å². The Balaban J connectivity index is 2.45. The third kappa shape index (κ3) is 4.94. The molecule has 1 saturated carbocycles. The van der Waals surface area contributed by atoms with E-state index in [1.165, 1.54) is 51.4 Å². The maximum Gasteiger partial charge on any atom is -0.0386 e. The van der Waals surface area contributed by atoms with Crippen molar-refractivity contribution in [3.05, 3.63) is 0 Å². The summed E-state index contributed by atoms with van der Waals surface area (Å²) in [5, 5.41) is 0. The van der Waals surface area contributed by atoms with Crippen LogP contribution in [0.4, 0.5) is 0 Å². The van der Waals surface area contributed by atoms with Crippen molar-refractivity contribution in [2.75, 3.05) is 0 Å². The minimum atomic E-state index is 0.909. The zero-order chi connectivity index (χ0) is 13.5. The lowest BCUT2D eigenvalue weighted by Crippen LogP contribution is -2.25. The molecular weight excluding hydrogens is 216 g/mol. The van der Waals surface area contributed by atoms with Gasteiger partial charge in [-0.2, -0.15) is 0 Å². The first-order valence-corrected chi connectivity index (χ1v) is 8.56. The molecule has 0 aliphatic heterocycles. The Kier molecular flexibility index (Phi) is 7.34. The van der Waals surface area contributed by atoms with E-state index in [4.69, 9.17) is 0 Å². The van der Waals surface area contributed by atoms with Crippen molar-refractivity contribution in [2.24, 2.45) is 29.6 Å². The molecule has 0 nitrogen and oxygen atoms in total. The lowest BCUT2D eigenvalue weighted by molar-refractivity contribution is 0.162. The van der Waals surface area contributed by atoms with E-state index in [1.54, 1.807) is 0 Å². The van der Waals surface area contributed by atoms with E-state index in [-0.39, 0.29) is 0 Å². The Morgan fingerprint density at radius 3 is 2.00 bits per heavy atom. The predicted molar refractivity (Wildman–Crippen MR) is 82.8 cm³/mol. The van der Waals surface area contributed by atoms with E-state index in [0.29, 0.717) is 0 Å². The van der Waals surface area contributed by atoms with Gasteiger partial charge in [-0.15, -0.1) is 0 Å². The monoisotopic (exact) mass is 252 g/mol. The quantitative estimate of drug-likeness (QED) is 0.538. The smallest absolute Gasteiger partial charge is 0.0386 e. The molecule has 1 fully saturated rings. The molecule has 0 heteroatoms. The highest BCUT2D eigenvalue weighted by atomic mass is 14.3. The first-order chi connectivity index (χ1) is 8.56. The fraction of sp³-hybridized carbons (Fsp3) is 1.00. The SMILES string of the molecule is CCCC(C)C(C)C(C)C1CCCC(C)CCC1. The van der Waals surface area contributed by atoms with Crippen LogP contribution in [0.1, 0.15) is 86.0 Å². The molecule has 108 valence electrons. The molecule has 1 aliphatic carbocycles. The molecule has 3 atom stereocenters. The van der Waals surface area contributed by atoms with Crippen LogP contribution in [0.2, 0.25) is 0 Å². The zero-order valence-electron chi connectivity index (χ0n) is 13.5. The van der Waals surface area contributed by atoms with Crippen molar-refractivity contribution in [3.63, 3.8) is 0 Å². The molecule has 0 aromatic carbocycles. The van der Waals surface area contributed by atoms with Crippen LogP contribution in [0.25, 0.3) is 0 Å². The molecule has 0 amide bonds. The molecule has 0 spiro atoms. The van der Waals surface area contributed by atoms with Crippen LogP contribution >= 0.6 is 0 Å². The standard InChI is InChI=1S/C18H36/c1-6-9-15(3)16(4)17(5)18-12-7-10-14(2)11-8-13-18/h14-18H,6-13H2,1-5H3. The summed E-state index contributed by atoms with van der Waals surface area (Å²) in [6.07, 6.45) is 11.7. The van der Waals surface area contributed by atoms with Crippen molar-refractivity contribution in [2.45, 2.75) is 86.0 Å². The van der Waals surface area contributed by atoms with Gasteiger partial charge in [0.05, 0.1) is 0 Å². The average molecular weight is 252 g/mol. The summed E-state index contributed by atoms with van der Waals surface area (Å²) >= 11 is 0. The first-order valence-electron chi connectivity index (χ1n) is 8.56. The lowest BCUT2D eigenvalue weighted by Gasteiger charge is -2.34. The van der Waals surface area contributed by atoms with Gasteiger partial charge in [0.2, 0.25) is 0 Å². The summed E-state index contributed by atoms with van der Waals surface area (Å²) < 4.78 is 0. The molecular formula is C18H36. The summed E-state index contributed by atoms with van der Waals surface area (Å²) in [5.74, 6) is 4.74. The highest BCUT2D eigenvalue weighted by Crippen LogP contribution is 2.36. The van der Waals surface area contributed by atoms with E-state index >= 15 is 0 Å². The molecule has 0 N–H and O–H groups in total. The summed E-state index contributed by atoms with van der Waals surface area (Å²) in [6.45, 7) is 12.3. The van der Waals surface area contributed by atoms with Crippen LogP contribution in [0.3, 0.4) is 0 Å². The van der Waals surface area contributed by atoms with E-state index in [2.05, 4.69) is 34.6 Å². The van der Waals surface area contributed by atoms with E-state index in [1.807, 2.05) is 0 Å². The molecule has 18 heavy (non-hydrogen) atoms. The maximum atomic E-state index is 2.53. The predicted octanol–water partition coefficient (Wildman–Crippen LogP) is 6.30. The van der Waals surface area contributed by atoms with Gasteiger partial charge in [-0.05, 0) is 29.6 Å². The third-order valence-electron chi connectivity index (χ3n) is 5.76. The highest BCUT2D eigenvalue weighted by Gasteiger charge is 2.26. The summed E-state index contributed by atoms with van der Waals surface area (Å²) in [5.41, 5.74) is 0. The molecule has 0 radical (unpaired) electrons. The second-order valence-corrected chi connectivity index (χ2v) is 7.21. The summed E-state index contributed by atoms with van der Waals surface area (Å²) in [4.78, 5) is 0. The van der Waals surface area contributed by atoms with E-state index < -0.39 is 0 Å². The van der Waals surface area contributed by atoms with Crippen molar-refractivity contribution < 1.29 is 0 Å². The average Bonchev–Trinajstić information content (AvgIpc) is 2.32. The summed E-state index contributed by atoms with van der Waals surface area (Å²) in [6, 6.07) is 0. The molecule has 0 aromatic rings. The minimum Gasteiger partial charge on any atom is -0.0654 e. The minimum absolute atomic E-state index is 0.909. The van der Waals surface area contributed by atoms with Crippen molar-refractivity contribution >= 4 is 0 Å². The van der Waals surface area contributed by atoms with Gasteiger partial charge >= 0.3 is 0 Å². The van der Waals surface area contributed by atoms with Crippen molar-refractivity contribution in [1.29, 1.82) is 0 Å². The van der Waals surface area contributed by atoms with Crippen molar-refractivity contribution in [1.82, 2.24) is 0 Å². The molecule has 0 aromatic heterocycles. The number of rotatable bonds is 5. The van der Waals surface area contributed by atoms with E-state index in [9.17, 15) is 0 Å². The van der Waals surface area contributed by atoms with Crippen LogP contribution in [0, 0.1) is 29.6 Å². The number of hydrogen-bond acceptors (Lipinski definition) is 0. The first kappa shape index (κ1) is 16.1. The van der Waals surface area contributed by atoms with Gasteiger partial charge in [-0.25, -0.2) is 0 Å². The Hall–Kier alpha value is 0. The zero-order valence-corrected chi connectivity index (χ0v) is 13.5. The van der Waals surface area contributed by atoms with Gasteiger partial charge < -0.3 is 0 Å². The van der Waals surface area contributed by atoms with Gasteiger partial charge in [-0.3, -0.25) is 0 Å². The van der Waals surface area contributed by atoms with E-state index in [0.717, 1.165) is 29.6 Å². The Labute approximate surface area is 116 Å². The third-order valence-corrected chi connectivity index (χ3v) is 5.76. The van der Waals surface area contributed by atoms with Gasteiger partial charge in [-0.1, -0.05) is 86.0 Å². The van der Waals surface area contributed by atoms with Gasteiger partial charge in [0.1, 0.15) is 0 Å². The Morgan fingerprint density at radius 2 is 1.50 bits per heavy atom. The second kappa shape index (κ2) is 8.23. The van der Waals surface area contributed by atoms with Crippen molar-refractivity contribution in [3.8, 4) is 0 Å². The summed E-state index contributed by atoms with van der Waals surface area (Å²) in [7, 11) is 0. The van der Waals surface area contributed by atoms with Crippen LogP contribution in [0.5, 0.6) is 0 Å².